The summed E-state index contributed by atoms with van der Waals surface area (Å²) in [6.45, 7) is 6.81. The lowest BCUT2D eigenvalue weighted by atomic mass is 10.1. The van der Waals surface area contributed by atoms with Gasteiger partial charge in [0.15, 0.2) is 0 Å². The van der Waals surface area contributed by atoms with E-state index in [0.29, 0.717) is 24.5 Å². The minimum absolute atomic E-state index is 0.382. The van der Waals surface area contributed by atoms with Crippen molar-refractivity contribution in [1.82, 2.24) is 15.5 Å². The second kappa shape index (κ2) is 6.58. The van der Waals surface area contributed by atoms with Crippen LogP contribution in [0.1, 0.15) is 25.3 Å². The number of nitrogens with one attached hydrogen (secondary N) is 2. The van der Waals surface area contributed by atoms with E-state index < -0.39 is 0 Å². The van der Waals surface area contributed by atoms with Crippen molar-refractivity contribution in [3.63, 3.8) is 0 Å². The quantitative estimate of drug-likeness (QED) is 0.852. The molecule has 0 aliphatic carbocycles. The zero-order chi connectivity index (χ0) is 15.4. The van der Waals surface area contributed by atoms with E-state index in [2.05, 4.69) is 58.6 Å². The Morgan fingerprint density at radius 3 is 2.67 bits per heavy atom. The van der Waals surface area contributed by atoms with E-state index in [1.54, 1.807) is 0 Å². The summed E-state index contributed by atoms with van der Waals surface area (Å²) in [6.07, 6.45) is 0. The number of aromatic nitrogens is 2. The number of benzene rings is 1. The number of aryl methyl sites for hydroxylation is 1. The van der Waals surface area contributed by atoms with Gasteiger partial charge in [0.25, 0.3) is 0 Å². The maximum absolute atomic E-state index is 5.56. The van der Waals surface area contributed by atoms with Gasteiger partial charge in [-0.25, -0.2) is 0 Å². The van der Waals surface area contributed by atoms with Crippen molar-refractivity contribution in [2.24, 2.45) is 0 Å². The number of hydrogen-bond acceptors (Lipinski definition) is 6. The lowest BCUT2D eigenvalue weighted by molar-refractivity contribution is 0.460. The van der Waals surface area contributed by atoms with Crippen LogP contribution in [-0.4, -0.2) is 30.3 Å². The van der Waals surface area contributed by atoms with Crippen molar-refractivity contribution in [3.05, 3.63) is 29.7 Å². The van der Waals surface area contributed by atoms with Gasteiger partial charge in [0, 0.05) is 31.5 Å². The van der Waals surface area contributed by atoms with E-state index in [1.165, 1.54) is 5.56 Å². The van der Waals surface area contributed by atoms with E-state index >= 15 is 0 Å². The SMILES string of the molecule is Cc1ccc(Nc2nnc(CNC(C)C)o2)cc1N(C)C. The molecule has 0 aliphatic rings. The van der Waals surface area contributed by atoms with Crippen molar-refractivity contribution in [2.45, 2.75) is 33.4 Å². The summed E-state index contributed by atoms with van der Waals surface area (Å²) in [5, 5.41) is 14.4. The first-order valence-corrected chi connectivity index (χ1v) is 7.06. The molecule has 0 radical (unpaired) electrons. The van der Waals surface area contributed by atoms with Crippen molar-refractivity contribution in [3.8, 4) is 0 Å². The lowest BCUT2D eigenvalue weighted by Crippen LogP contribution is -2.21. The molecular formula is C15H23N5O. The number of hydrogen-bond donors (Lipinski definition) is 2. The van der Waals surface area contributed by atoms with E-state index in [0.717, 1.165) is 11.4 Å². The minimum atomic E-state index is 0.382. The Kier molecular flexibility index (Phi) is 4.80. The highest BCUT2D eigenvalue weighted by Crippen LogP contribution is 2.24. The highest BCUT2D eigenvalue weighted by Gasteiger charge is 2.08. The van der Waals surface area contributed by atoms with Crippen LogP contribution in [0.2, 0.25) is 0 Å². The Labute approximate surface area is 125 Å². The summed E-state index contributed by atoms with van der Waals surface area (Å²) in [5.74, 6) is 0.575. The van der Waals surface area contributed by atoms with Gasteiger partial charge in [0.1, 0.15) is 0 Å². The summed E-state index contributed by atoms with van der Waals surface area (Å²) >= 11 is 0. The average molecular weight is 289 g/mol. The highest BCUT2D eigenvalue weighted by atomic mass is 16.4. The normalized spacial score (nSPS) is 11.0. The van der Waals surface area contributed by atoms with Crippen LogP contribution in [0.25, 0.3) is 0 Å². The first kappa shape index (κ1) is 15.3. The lowest BCUT2D eigenvalue weighted by Gasteiger charge is -2.16. The minimum Gasteiger partial charge on any atom is -0.406 e. The molecular weight excluding hydrogens is 266 g/mol. The third kappa shape index (κ3) is 4.19. The average Bonchev–Trinajstić information content (AvgIpc) is 2.86. The Hall–Kier alpha value is -2.08. The molecule has 6 heteroatoms. The molecule has 0 saturated carbocycles. The number of anilines is 3. The van der Waals surface area contributed by atoms with Crippen LogP contribution in [0, 0.1) is 6.92 Å². The molecule has 0 spiro atoms. The molecule has 21 heavy (non-hydrogen) atoms. The molecule has 0 saturated heterocycles. The van der Waals surface area contributed by atoms with E-state index in [-0.39, 0.29) is 0 Å². The van der Waals surface area contributed by atoms with Gasteiger partial charge in [-0.05, 0) is 24.6 Å². The van der Waals surface area contributed by atoms with Gasteiger partial charge < -0.3 is 20.0 Å². The Bertz CT molecular complexity index is 591. The van der Waals surface area contributed by atoms with E-state index in [4.69, 9.17) is 4.42 Å². The Balaban J connectivity index is 2.06. The van der Waals surface area contributed by atoms with Crippen molar-refractivity contribution in [2.75, 3.05) is 24.3 Å². The number of nitrogens with zero attached hydrogens (tertiary/aromatic N) is 3. The molecule has 6 nitrogen and oxygen atoms in total. The fourth-order valence-electron chi connectivity index (χ4n) is 1.96. The Morgan fingerprint density at radius 2 is 2.00 bits per heavy atom. The highest BCUT2D eigenvalue weighted by molar-refractivity contribution is 5.64. The van der Waals surface area contributed by atoms with Gasteiger partial charge in [0.05, 0.1) is 6.54 Å². The number of rotatable bonds is 6. The maximum atomic E-state index is 5.56. The van der Waals surface area contributed by atoms with E-state index in [1.807, 2.05) is 20.2 Å². The van der Waals surface area contributed by atoms with Gasteiger partial charge in [-0.15, -0.1) is 5.10 Å². The molecule has 0 fully saturated rings. The molecule has 2 rings (SSSR count). The van der Waals surface area contributed by atoms with Crippen LogP contribution >= 0.6 is 0 Å². The van der Waals surface area contributed by atoms with Crippen LogP contribution in [0.3, 0.4) is 0 Å². The summed E-state index contributed by atoms with van der Waals surface area (Å²) in [6, 6.07) is 6.91. The monoisotopic (exact) mass is 289 g/mol. The second-order valence-corrected chi connectivity index (χ2v) is 5.56. The van der Waals surface area contributed by atoms with Gasteiger partial charge in [-0.1, -0.05) is 25.0 Å². The van der Waals surface area contributed by atoms with Crippen LogP contribution in [0.5, 0.6) is 0 Å². The fourth-order valence-corrected chi connectivity index (χ4v) is 1.96. The second-order valence-electron chi connectivity index (χ2n) is 5.56. The van der Waals surface area contributed by atoms with Gasteiger partial charge >= 0.3 is 6.01 Å². The molecule has 0 amide bonds. The molecule has 0 aliphatic heterocycles. The molecule has 2 aromatic rings. The first-order valence-electron chi connectivity index (χ1n) is 7.06. The molecule has 1 heterocycles. The molecule has 1 aromatic carbocycles. The van der Waals surface area contributed by atoms with Gasteiger partial charge in [-0.3, -0.25) is 0 Å². The summed E-state index contributed by atoms with van der Waals surface area (Å²) in [7, 11) is 4.04. The smallest absolute Gasteiger partial charge is 0.320 e. The molecule has 2 N–H and O–H groups in total. The predicted molar refractivity (Wildman–Crippen MR) is 85.1 cm³/mol. The van der Waals surface area contributed by atoms with E-state index in [9.17, 15) is 0 Å². The summed E-state index contributed by atoms with van der Waals surface area (Å²) in [5.41, 5.74) is 3.30. The fraction of sp³-hybridized carbons (Fsp3) is 0.467. The first-order chi connectivity index (χ1) is 9.95. The van der Waals surface area contributed by atoms with Crippen LogP contribution in [0.4, 0.5) is 17.4 Å². The molecule has 1 aromatic heterocycles. The van der Waals surface area contributed by atoms with Crippen molar-refractivity contribution >= 4 is 17.4 Å². The van der Waals surface area contributed by atoms with Gasteiger partial charge in [-0.2, -0.15) is 0 Å². The molecule has 0 unspecified atom stereocenters. The van der Waals surface area contributed by atoms with Crippen molar-refractivity contribution < 1.29 is 4.42 Å². The molecule has 0 atom stereocenters. The van der Waals surface area contributed by atoms with Crippen molar-refractivity contribution in [1.29, 1.82) is 0 Å². The predicted octanol–water partition coefficient (Wildman–Crippen LogP) is 2.69. The van der Waals surface area contributed by atoms with Gasteiger partial charge in [0.2, 0.25) is 5.89 Å². The maximum Gasteiger partial charge on any atom is 0.320 e. The molecule has 114 valence electrons. The van der Waals surface area contributed by atoms with Crippen LogP contribution < -0.4 is 15.5 Å². The zero-order valence-electron chi connectivity index (χ0n) is 13.3. The molecule has 0 bridgehead atoms. The largest absolute Gasteiger partial charge is 0.406 e. The third-order valence-corrected chi connectivity index (χ3v) is 3.07. The Morgan fingerprint density at radius 1 is 1.24 bits per heavy atom. The third-order valence-electron chi connectivity index (χ3n) is 3.07. The summed E-state index contributed by atoms with van der Waals surface area (Å²) in [4.78, 5) is 2.08. The van der Waals surface area contributed by atoms with Crippen LogP contribution in [-0.2, 0) is 6.54 Å². The zero-order valence-corrected chi connectivity index (χ0v) is 13.3. The topological polar surface area (TPSA) is 66.2 Å². The standard InChI is InChI=1S/C15H23N5O/c1-10(2)16-9-14-18-19-15(21-14)17-12-7-6-11(3)13(8-12)20(4)5/h6-8,10,16H,9H2,1-5H3,(H,17,19). The van der Waals surface area contributed by atoms with Crippen LogP contribution in [0.15, 0.2) is 22.6 Å². The summed E-state index contributed by atoms with van der Waals surface area (Å²) < 4.78 is 5.56.